The van der Waals surface area contributed by atoms with Gasteiger partial charge in [-0.25, -0.2) is 8.42 Å². The van der Waals surface area contributed by atoms with E-state index < -0.39 is 15.9 Å². The van der Waals surface area contributed by atoms with E-state index in [4.69, 9.17) is 16.3 Å². The first-order chi connectivity index (χ1) is 16.3. The van der Waals surface area contributed by atoms with E-state index in [-0.39, 0.29) is 24.6 Å². The van der Waals surface area contributed by atoms with Crippen LogP contribution in [0.2, 0.25) is 5.02 Å². The number of anilines is 1. The van der Waals surface area contributed by atoms with Gasteiger partial charge in [0.2, 0.25) is 5.91 Å². The Hall–Kier alpha value is -3.03. The van der Waals surface area contributed by atoms with Crippen LogP contribution in [0.25, 0.3) is 0 Å². The normalized spacial score (nSPS) is 11.1. The number of nitrogens with one attached hydrogen (secondary N) is 1. The van der Waals surface area contributed by atoms with Crippen LogP contribution in [0.4, 0.5) is 5.69 Å². The van der Waals surface area contributed by atoms with E-state index in [2.05, 4.69) is 12.2 Å². The number of rotatable bonds is 11. The Morgan fingerprint density at radius 2 is 1.62 bits per heavy atom. The molecule has 0 aliphatic carbocycles. The Kier molecular flexibility index (Phi) is 8.96. The fourth-order valence-corrected chi connectivity index (χ4v) is 4.89. The van der Waals surface area contributed by atoms with Crippen LogP contribution in [0.3, 0.4) is 0 Å². The molecule has 0 saturated carbocycles. The summed E-state index contributed by atoms with van der Waals surface area (Å²) in [7, 11) is -3.98. The average molecular weight is 501 g/mol. The predicted octanol–water partition coefficient (Wildman–Crippen LogP) is 4.99. The van der Waals surface area contributed by atoms with Gasteiger partial charge in [0.25, 0.3) is 10.0 Å². The van der Waals surface area contributed by atoms with Crippen LogP contribution >= 0.6 is 11.6 Å². The van der Waals surface area contributed by atoms with Gasteiger partial charge < -0.3 is 10.1 Å². The van der Waals surface area contributed by atoms with Gasteiger partial charge in [0.05, 0.1) is 17.1 Å². The maximum atomic E-state index is 13.3. The van der Waals surface area contributed by atoms with Crippen molar-refractivity contribution in [2.24, 2.45) is 0 Å². The summed E-state index contributed by atoms with van der Waals surface area (Å²) in [5.74, 6) is 0.292. The number of carbonyl (C=O) groups excluding carboxylic acids is 1. The van der Waals surface area contributed by atoms with Crippen molar-refractivity contribution in [3.63, 3.8) is 0 Å². The summed E-state index contributed by atoms with van der Waals surface area (Å²) in [4.78, 5) is 12.7. The molecule has 3 aromatic carbocycles. The van der Waals surface area contributed by atoms with Crippen molar-refractivity contribution in [2.45, 2.75) is 31.6 Å². The summed E-state index contributed by atoms with van der Waals surface area (Å²) in [6.45, 7) is 4.20. The summed E-state index contributed by atoms with van der Waals surface area (Å²) in [5.41, 5.74) is 2.64. The number of hydrogen-bond acceptors (Lipinski definition) is 4. The molecule has 3 aromatic rings. The van der Waals surface area contributed by atoms with Crippen molar-refractivity contribution < 1.29 is 17.9 Å². The Labute approximate surface area is 206 Å². The highest BCUT2D eigenvalue weighted by atomic mass is 35.5. The number of ether oxygens (including phenoxy) is 1. The largest absolute Gasteiger partial charge is 0.492 e. The minimum absolute atomic E-state index is 0.0557. The standard InChI is InChI=1S/C26H29ClN2O4S/c1-3-4-21-7-13-24(14-8-21)33-18-17-28-26(30)19-29(23-11-5-20(2)6-12-23)34(31,32)25-15-9-22(27)10-16-25/h5-16H,3-4,17-19H2,1-2H3,(H,28,30). The minimum atomic E-state index is -3.98. The zero-order valence-corrected chi connectivity index (χ0v) is 20.9. The fourth-order valence-electron chi connectivity index (χ4n) is 3.35. The molecule has 0 radical (unpaired) electrons. The van der Waals surface area contributed by atoms with Gasteiger partial charge >= 0.3 is 0 Å². The molecule has 0 aromatic heterocycles. The number of hydrogen-bond donors (Lipinski definition) is 1. The van der Waals surface area contributed by atoms with Gasteiger partial charge in [-0.3, -0.25) is 9.10 Å². The second-order valence-corrected chi connectivity index (χ2v) is 10.2. The molecule has 0 spiro atoms. The van der Waals surface area contributed by atoms with Crippen LogP contribution in [0.1, 0.15) is 24.5 Å². The first-order valence-corrected chi connectivity index (χ1v) is 12.9. The quantitative estimate of drug-likeness (QED) is 0.376. The number of amides is 1. The summed E-state index contributed by atoms with van der Waals surface area (Å²) >= 11 is 5.91. The summed E-state index contributed by atoms with van der Waals surface area (Å²) < 4.78 is 33.4. The summed E-state index contributed by atoms with van der Waals surface area (Å²) in [6, 6.07) is 20.7. The molecule has 1 N–H and O–H groups in total. The summed E-state index contributed by atoms with van der Waals surface area (Å²) in [5, 5.41) is 3.17. The second kappa shape index (κ2) is 11.9. The lowest BCUT2D eigenvalue weighted by Crippen LogP contribution is -2.41. The highest BCUT2D eigenvalue weighted by Crippen LogP contribution is 2.25. The Morgan fingerprint density at radius 1 is 0.971 bits per heavy atom. The SMILES string of the molecule is CCCc1ccc(OCCNC(=O)CN(c2ccc(C)cc2)S(=O)(=O)c2ccc(Cl)cc2)cc1. The van der Waals surface area contributed by atoms with Gasteiger partial charge in [0, 0.05) is 5.02 Å². The Balaban J connectivity index is 1.64. The number of carbonyl (C=O) groups is 1. The zero-order valence-electron chi connectivity index (χ0n) is 19.3. The molecule has 34 heavy (non-hydrogen) atoms. The topological polar surface area (TPSA) is 75.7 Å². The minimum Gasteiger partial charge on any atom is -0.492 e. The van der Waals surface area contributed by atoms with E-state index in [1.54, 1.807) is 24.3 Å². The molecule has 0 atom stereocenters. The number of sulfonamides is 1. The molecule has 1 amide bonds. The molecule has 0 unspecified atom stereocenters. The first-order valence-electron chi connectivity index (χ1n) is 11.1. The van der Waals surface area contributed by atoms with Crippen LogP contribution < -0.4 is 14.4 Å². The van der Waals surface area contributed by atoms with Gasteiger partial charge in [-0.1, -0.05) is 54.8 Å². The molecule has 0 aliphatic heterocycles. The number of halogens is 1. The fraction of sp³-hybridized carbons (Fsp3) is 0.269. The van der Waals surface area contributed by atoms with Crippen LogP contribution in [-0.2, 0) is 21.2 Å². The smallest absolute Gasteiger partial charge is 0.264 e. The molecule has 0 fully saturated rings. The number of benzene rings is 3. The van der Waals surface area contributed by atoms with E-state index in [1.807, 2.05) is 31.2 Å². The molecule has 180 valence electrons. The third-order valence-corrected chi connectivity index (χ3v) is 7.21. The van der Waals surface area contributed by atoms with Crippen LogP contribution in [-0.4, -0.2) is 34.0 Å². The maximum absolute atomic E-state index is 13.3. The van der Waals surface area contributed by atoms with Gasteiger partial charge in [0.15, 0.2) is 0 Å². The lowest BCUT2D eigenvalue weighted by Gasteiger charge is -2.24. The molecule has 0 heterocycles. The average Bonchev–Trinajstić information content (AvgIpc) is 2.82. The highest BCUT2D eigenvalue weighted by Gasteiger charge is 2.27. The van der Waals surface area contributed by atoms with E-state index in [0.717, 1.165) is 28.5 Å². The van der Waals surface area contributed by atoms with Gasteiger partial charge in [-0.05, 0) is 67.4 Å². The Morgan fingerprint density at radius 3 is 2.24 bits per heavy atom. The van der Waals surface area contributed by atoms with Gasteiger partial charge in [0.1, 0.15) is 18.9 Å². The number of aryl methyl sites for hydroxylation is 2. The molecule has 8 heteroatoms. The third-order valence-electron chi connectivity index (χ3n) is 5.17. The van der Waals surface area contributed by atoms with Crippen molar-refractivity contribution in [1.29, 1.82) is 0 Å². The van der Waals surface area contributed by atoms with E-state index in [0.29, 0.717) is 10.7 Å². The summed E-state index contributed by atoms with van der Waals surface area (Å²) in [6.07, 6.45) is 2.10. The monoisotopic (exact) mass is 500 g/mol. The van der Waals surface area contributed by atoms with Crippen LogP contribution in [0, 0.1) is 6.92 Å². The molecule has 6 nitrogen and oxygen atoms in total. The highest BCUT2D eigenvalue weighted by molar-refractivity contribution is 7.92. The van der Waals surface area contributed by atoms with Crippen LogP contribution in [0.5, 0.6) is 5.75 Å². The molecule has 0 saturated heterocycles. The maximum Gasteiger partial charge on any atom is 0.264 e. The lowest BCUT2D eigenvalue weighted by molar-refractivity contribution is -0.119. The van der Waals surface area contributed by atoms with Crippen molar-refractivity contribution in [3.8, 4) is 5.75 Å². The van der Waals surface area contributed by atoms with Crippen molar-refractivity contribution >= 4 is 33.2 Å². The van der Waals surface area contributed by atoms with E-state index in [9.17, 15) is 13.2 Å². The Bertz CT molecular complexity index is 1180. The molecular weight excluding hydrogens is 472 g/mol. The van der Waals surface area contributed by atoms with Crippen LogP contribution in [0.15, 0.2) is 77.7 Å². The number of nitrogens with zero attached hydrogens (tertiary/aromatic N) is 1. The molecule has 0 bridgehead atoms. The first kappa shape index (κ1) is 25.6. The second-order valence-electron chi connectivity index (χ2n) is 7.89. The van der Waals surface area contributed by atoms with Crippen molar-refractivity contribution in [3.05, 3.63) is 88.9 Å². The molecule has 0 aliphatic rings. The van der Waals surface area contributed by atoms with Gasteiger partial charge in [-0.15, -0.1) is 0 Å². The molecule has 3 rings (SSSR count). The van der Waals surface area contributed by atoms with Crippen molar-refractivity contribution in [2.75, 3.05) is 24.0 Å². The van der Waals surface area contributed by atoms with E-state index >= 15 is 0 Å². The van der Waals surface area contributed by atoms with E-state index in [1.165, 1.54) is 29.8 Å². The van der Waals surface area contributed by atoms with Gasteiger partial charge in [-0.2, -0.15) is 0 Å². The third kappa shape index (κ3) is 6.98. The van der Waals surface area contributed by atoms with Crippen molar-refractivity contribution in [1.82, 2.24) is 5.32 Å². The lowest BCUT2D eigenvalue weighted by atomic mass is 10.1. The molecular formula is C26H29ClN2O4S. The predicted molar refractivity (Wildman–Crippen MR) is 136 cm³/mol. The zero-order chi connectivity index (χ0) is 24.6.